The lowest BCUT2D eigenvalue weighted by atomic mass is 9.80. The molecule has 0 bridgehead atoms. The van der Waals surface area contributed by atoms with E-state index in [1.165, 1.54) is 0 Å². The Balaban J connectivity index is 2.27. The highest BCUT2D eigenvalue weighted by Crippen LogP contribution is 2.16. The third-order valence-electron chi connectivity index (χ3n) is 2.23. The SMILES string of the molecule is CCc1nnc(-c2ccc(B(O)O)cc2)o1. The largest absolute Gasteiger partial charge is 0.488 e. The Bertz CT molecular complexity index is 467. The Morgan fingerprint density at radius 1 is 1.19 bits per heavy atom. The molecule has 0 saturated carbocycles. The number of hydrogen-bond donors (Lipinski definition) is 2. The molecular weight excluding hydrogens is 207 g/mol. The molecule has 0 saturated heterocycles. The number of aryl methyl sites for hydroxylation is 1. The third-order valence-corrected chi connectivity index (χ3v) is 2.23. The molecule has 2 aromatic rings. The van der Waals surface area contributed by atoms with Crippen LogP contribution in [0.1, 0.15) is 12.8 Å². The molecule has 1 aromatic carbocycles. The van der Waals surface area contributed by atoms with E-state index in [2.05, 4.69) is 10.2 Å². The molecule has 0 radical (unpaired) electrons. The van der Waals surface area contributed by atoms with E-state index in [1.54, 1.807) is 24.3 Å². The lowest BCUT2D eigenvalue weighted by Gasteiger charge is -1.99. The molecule has 0 unspecified atom stereocenters. The second-order valence-corrected chi connectivity index (χ2v) is 3.35. The molecule has 5 nitrogen and oxygen atoms in total. The van der Waals surface area contributed by atoms with Crippen molar-refractivity contribution in [1.82, 2.24) is 10.2 Å². The van der Waals surface area contributed by atoms with Crippen LogP contribution in [-0.2, 0) is 6.42 Å². The number of nitrogens with zero attached hydrogens (tertiary/aromatic N) is 2. The molecule has 0 spiro atoms. The zero-order chi connectivity index (χ0) is 11.5. The fraction of sp³-hybridized carbons (Fsp3) is 0.200. The van der Waals surface area contributed by atoms with Crippen LogP contribution in [0.15, 0.2) is 28.7 Å². The van der Waals surface area contributed by atoms with Crippen LogP contribution < -0.4 is 5.46 Å². The lowest BCUT2D eigenvalue weighted by Crippen LogP contribution is -2.29. The first-order chi connectivity index (χ1) is 7.70. The Morgan fingerprint density at radius 2 is 1.88 bits per heavy atom. The van der Waals surface area contributed by atoms with Crippen molar-refractivity contribution in [1.29, 1.82) is 0 Å². The molecule has 82 valence electrons. The molecule has 0 aliphatic rings. The van der Waals surface area contributed by atoms with Crippen molar-refractivity contribution in [2.45, 2.75) is 13.3 Å². The predicted molar refractivity (Wildman–Crippen MR) is 58.9 cm³/mol. The Morgan fingerprint density at radius 3 is 2.38 bits per heavy atom. The quantitative estimate of drug-likeness (QED) is 0.707. The lowest BCUT2D eigenvalue weighted by molar-refractivity contribution is 0.426. The zero-order valence-electron chi connectivity index (χ0n) is 8.79. The van der Waals surface area contributed by atoms with Gasteiger partial charge in [-0.05, 0) is 17.6 Å². The van der Waals surface area contributed by atoms with Gasteiger partial charge in [-0.2, -0.15) is 0 Å². The van der Waals surface area contributed by atoms with E-state index in [1.807, 2.05) is 6.92 Å². The molecule has 0 amide bonds. The van der Waals surface area contributed by atoms with Gasteiger partial charge in [-0.1, -0.05) is 19.1 Å². The third kappa shape index (κ3) is 2.12. The van der Waals surface area contributed by atoms with E-state index in [0.29, 0.717) is 23.7 Å². The molecule has 2 N–H and O–H groups in total. The van der Waals surface area contributed by atoms with Crippen LogP contribution in [0.4, 0.5) is 0 Å². The summed E-state index contributed by atoms with van der Waals surface area (Å²) in [5.41, 5.74) is 1.19. The van der Waals surface area contributed by atoms with Gasteiger partial charge in [-0.3, -0.25) is 0 Å². The average Bonchev–Trinajstić information content (AvgIpc) is 2.77. The van der Waals surface area contributed by atoms with E-state index in [4.69, 9.17) is 14.5 Å². The number of hydrogen-bond acceptors (Lipinski definition) is 5. The van der Waals surface area contributed by atoms with Gasteiger partial charge in [0.25, 0.3) is 0 Å². The van der Waals surface area contributed by atoms with Crippen LogP contribution in [0.25, 0.3) is 11.5 Å². The minimum Gasteiger partial charge on any atom is -0.423 e. The number of benzene rings is 1. The van der Waals surface area contributed by atoms with Crippen molar-refractivity contribution in [3.8, 4) is 11.5 Å². The van der Waals surface area contributed by atoms with Crippen molar-refractivity contribution in [3.05, 3.63) is 30.2 Å². The normalized spacial score (nSPS) is 10.4. The highest BCUT2D eigenvalue weighted by molar-refractivity contribution is 6.58. The standard InChI is InChI=1S/C10H11BN2O3/c1-2-9-12-13-10(16-9)7-3-5-8(6-4-7)11(14)15/h3-6,14-15H,2H2,1H3. The van der Waals surface area contributed by atoms with Gasteiger partial charge >= 0.3 is 7.12 Å². The van der Waals surface area contributed by atoms with Gasteiger partial charge in [0.05, 0.1) is 0 Å². The number of aromatic nitrogens is 2. The summed E-state index contributed by atoms with van der Waals surface area (Å²) in [7, 11) is -1.46. The van der Waals surface area contributed by atoms with Gasteiger partial charge in [-0.25, -0.2) is 0 Å². The Kier molecular flexibility index (Phi) is 3.03. The van der Waals surface area contributed by atoms with Crippen LogP contribution in [-0.4, -0.2) is 27.4 Å². The van der Waals surface area contributed by atoms with Gasteiger partial charge in [0.15, 0.2) is 0 Å². The topological polar surface area (TPSA) is 79.4 Å². The molecule has 1 heterocycles. The summed E-state index contributed by atoms with van der Waals surface area (Å²) in [6.07, 6.45) is 0.695. The molecule has 6 heteroatoms. The summed E-state index contributed by atoms with van der Waals surface area (Å²) >= 11 is 0. The summed E-state index contributed by atoms with van der Waals surface area (Å²) in [6.45, 7) is 1.93. The van der Waals surface area contributed by atoms with Crippen LogP contribution in [0, 0.1) is 0 Å². The molecule has 0 aliphatic carbocycles. The summed E-state index contributed by atoms with van der Waals surface area (Å²) in [4.78, 5) is 0. The molecule has 0 fully saturated rings. The second kappa shape index (κ2) is 4.46. The minimum absolute atomic E-state index is 0.430. The van der Waals surface area contributed by atoms with Gasteiger partial charge in [0.2, 0.25) is 11.8 Å². The number of rotatable bonds is 3. The summed E-state index contributed by atoms with van der Waals surface area (Å²) < 4.78 is 5.37. The highest BCUT2D eigenvalue weighted by atomic mass is 16.4. The maximum Gasteiger partial charge on any atom is 0.488 e. The van der Waals surface area contributed by atoms with E-state index >= 15 is 0 Å². The van der Waals surface area contributed by atoms with E-state index in [-0.39, 0.29) is 0 Å². The Hall–Kier alpha value is -1.66. The van der Waals surface area contributed by atoms with Gasteiger partial charge < -0.3 is 14.5 Å². The van der Waals surface area contributed by atoms with E-state index in [9.17, 15) is 0 Å². The second-order valence-electron chi connectivity index (χ2n) is 3.35. The molecule has 2 rings (SSSR count). The van der Waals surface area contributed by atoms with E-state index < -0.39 is 7.12 Å². The molecule has 0 aliphatic heterocycles. The van der Waals surface area contributed by atoms with Gasteiger partial charge in [0, 0.05) is 12.0 Å². The van der Waals surface area contributed by atoms with Gasteiger partial charge in [-0.15, -0.1) is 10.2 Å². The maximum absolute atomic E-state index is 8.93. The first-order valence-electron chi connectivity index (χ1n) is 4.99. The maximum atomic E-state index is 8.93. The molecule has 1 aromatic heterocycles. The minimum atomic E-state index is -1.46. The fourth-order valence-electron chi connectivity index (χ4n) is 1.31. The molecule has 16 heavy (non-hydrogen) atoms. The van der Waals surface area contributed by atoms with Crippen molar-refractivity contribution in [3.63, 3.8) is 0 Å². The first kappa shape index (κ1) is 10.8. The Labute approximate surface area is 92.9 Å². The van der Waals surface area contributed by atoms with Crippen molar-refractivity contribution in [2.24, 2.45) is 0 Å². The van der Waals surface area contributed by atoms with Gasteiger partial charge in [0.1, 0.15) is 0 Å². The van der Waals surface area contributed by atoms with Crippen LogP contribution in [0.3, 0.4) is 0 Å². The molecule has 0 atom stereocenters. The zero-order valence-corrected chi connectivity index (χ0v) is 8.79. The monoisotopic (exact) mass is 218 g/mol. The van der Waals surface area contributed by atoms with Crippen LogP contribution in [0.2, 0.25) is 0 Å². The van der Waals surface area contributed by atoms with E-state index in [0.717, 1.165) is 5.56 Å². The van der Waals surface area contributed by atoms with Crippen molar-refractivity contribution >= 4 is 12.6 Å². The summed E-state index contributed by atoms with van der Waals surface area (Å²) in [6, 6.07) is 6.63. The predicted octanol–water partition coefficient (Wildman–Crippen LogP) is -0.0212. The average molecular weight is 218 g/mol. The summed E-state index contributed by atoms with van der Waals surface area (Å²) in [5.74, 6) is 1.03. The van der Waals surface area contributed by atoms with Crippen LogP contribution >= 0.6 is 0 Å². The molecular formula is C10H11BN2O3. The van der Waals surface area contributed by atoms with Crippen molar-refractivity contribution < 1.29 is 14.5 Å². The van der Waals surface area contributed by atoms with Crippen molar-refractivity contribution in [2.75, 3.05) is 0 Å². The smallest absolute Gasteiger partial charge is 0.423 e. The fourth-order valence-corrected chi connectivity index (χ4v) is 1.31. The van der Waals surface area contributed by atoms with Crippen LogP contribution in [0.5, 0.6) is 0 Å². The highest BCUT2D eigenvalue weighted by Gasteiger charge is 2.12. The first-order valence-corrected chi connectivity index (χ1v) is 4.99. The summed E-state index contributed by atoms with van der Waals surface area (Å²) in [5, 5.41) is 25.6.